The fraction of sp³-hybridized carbons (Fsp3) is 0.767. The van der Waals surface area contributed by atoms with E-state index in [0.29, 0.717) is 18.3 Å². The highest BCUT2D eigenvalue weighted by Gasteiger charge is 2.35. The van der Waals surface area contributed by atoms with Crippen molar-refractivity contribution in [1.82, 2.24) is 0 Å². The minimum Gasteiger partial charge on any atom is -0.469 e. The highest BCUT2D eigenvalue weighted by molar-refractivity contribution is 6.21. The Bertz CT molecular complexity index is 716. The molecule has 3 unspecified atom stereocenters. The summed E-state index contributed by atoms with van der Waals surface area (Å²) < 4.78 is 17.1. The van der Waals surface area contributed by atoms with E-state index < -0.39 is 0 Å². The maximum Gasteiger partial charge on any atom is 0.305 e. The molecular weight excluding hydrogens is 460 g/mol. The second-order valence-electron chi connectivity index (χ2n) is 10.5. The van der Waals surface area contributed by atoms with Crippen molar-refractivity contribution < 1.29 is 19.0 Å². The summed E-state index contributed by atoms with van der Waals surface area (Å²) in [4.78, 5) is 11.3. The number of alkyl halides is 1. The van der Waals surface area contributed by atoms with Crippen LogP contribution in [0.25, 0.3) is 0 Å². The predicted molar refractivity (Wildman–Crippen MR) is 143 cm³/mol. The molecule has 0 amide bonds. The van der Waals surface area contributed by atoms with Crippen molar-refractivity contribution in [2.24, 2.45) is 5.92 Å². The van der Waals surface area contributed by atoms with Gasteiger partial charge in [0, 0.05) is 18.4 Å². The first kappa shape index (κ1) is 28.5. The number of carbonyl (C=O) groups is 1. The molecule has 0 N–H and O–H groups in total. The lowest BCUT2D eigenvalue weighted by Crippen LogP contribution is -2.24. The van der Waals surface area contributed by atoms with Crippen molar-refractivity contribution in [2.45, 2.75) is 127 Å². The minimum atomic E-state index is -0.102. The van der Waals surface area contributed by atoms with Gasteiger partial charge in [-0.2, -0.15) is 0 Å². The van der Waals surface area contributed by atoms with E-state index in [2.05, 4.69) is 31.2 Å². The SMILES string of the molecule is CCCCCC(OC1CCCCO1)c1ccc(C2CC[C@@H](Cl)[C@@H]2CCCCCCC(=O)OC)cc1. The average Bonchev–Trinajstić information content (AvgIpc) is 3.26. The van der Waals surface area contributed by atoms with Gasteiger partial charge in [0.05, 0.1) is 13.2 Å². The summed E-state index contributed by atoms with van der Waals surface area (Å²) in [5.41, 5.74) is 2.70. The molecule has 0 aromatic heterocycles. The maximum atomic E-state index is 11.3. The molecular formula is C30H47ClO4. The Morgan fingerprint density at radius 2 is 1.83 bits per heavy atom. The Morgan fingerprint density at radius 3 is 2.54 bits per heavy atom. The van der Waals surface area contributed by atoms with Gasteiger partial charge in [-0.1, -0.05) is 69.7 Å². The molecule has 5 atom stereocenters. The van der Waals surface area contributed by atoms with Crippen LogP contribution in [-0.4, -0.2) is 31.4 Å². The first-order valence-electron chi connectivity index (χ1n) is 14.2. The first-order valence-corrected chi connectivity index (χ1v) is 14.6. The lowest BCUT2D eigenvalue weighted by atomic mass is 9.84. The molecule has 1 heterocycles. The Morgan fingerprint density at radius 1 is 1.03 bits per heavy atom. The third kappa shape index (κ3) is 9.37. The lowest BCUT2D eigenvalue weighted by molar-refractivity contribution is -0.191. The number of hydrogen-bond acceptors (Lipinski definition) is 4. The van der Waals surface area contributed by atoms with E-state index in [1.54, 1.807) is 0 Å². The van der Waals surface area contributed by atoms with Gasteiger partial charge < -0.3 is 14.2 Å². The van der Waals surface area contributed by atoms with Crippen LogP contribution in [0.2, 0.25) is 0 Å². The van der Waals surface area contributed by atoms with E-state index >= 15 is 0 Å². The molecule has 35 heavy (non-hydrogen) atoms. The molecule has 0 bridgehead atoms. The second-order valence-corrected chi connectivity index (χ2v) is 11.0. The van der Waals surface area contributed by atoms with Gasteiger partial charge in [0.25, 0.3) is 0 Å². The van der Waals surface area contributed by atoms with Crippen molar-refractivity contribution in [3.05, 3.63) is 35.4 Å². The zero-order chi connectivity index (χ0) is 24.9. The van der Waals surface area contributed by atoms with E-state index in [9.17, 15) is 4.79 Å². The summed E-state index contributed by atoms with van der Waals surface area (Å²) in [7, 11) is 1.46. The summed E-state index contributed by atoms with van der Waals surface area (Å²) in [5.74, 6) is 0.979. The third-order valence-electron chi connectivity index (χ3n) is 7.89. The molecule has 2 aliphatic rings. The molecule has 198 valence electrons. The van der Waals surface area contributed by atoms with Crippen LogP contribution in [-0.2, 0) is 19.0 Å². The quantitative estimate of drug-likeness (QED) is 0.136. The summed E-state index contributed by atoms with van der Waals surface area (Å²) in [6, 6.07) is 9.24. The molecule has 3 rings (SSSR count). The molecule has 1 aromatic rings. The van der Waals surface area contributed by atoms with Crippen LogP contribution < -0.4 is 0 Å². The molecule has 1 aliphatic heterocycles. The Kier molecular flexibility index (Phi) is 12.9. The van der Waals surface area contributed by atoms with Crippen molar-refractivity contribution in [3.63, 3.8) is 0 Å². The molecule has 2 fully saturated rings. The number of unbranched alkanes of at least 4 members (excludes halogenated alkanes) is 5. The van der Waals surface area contributed by atoms with E-state index in [0.717, 1.165) is 51.6 Å². The van der Waals surface area contributed by atoms with Crippen molar-refractivity contribution in [3.8, 4) is 0 Å². The molecule has 1 saturated carbocycles. The van der Waals surface area contributed by atoms with E-state index in [1.807, 2.05) is 0 Å². The highest BCUT2D eigenvalue weighted by Crippen LogP contribution is 2.45. The number of benzene rings is 1. The van der Waals surface area contributed by atoms with Crippen molar-refractivity contribution in [2.75, 3.05) is 13.7 Å². The van der Waals surface area contributed by atoms with E-state index in [-0.39, 0.29) is 23.7 Å². The van der Waals surface area contributed by atoms with Crippen LogP contribution in [0.3, 0.4) is 0 Å². The molecule has 1 saturated heterocycles. The molecule has 5 heteroatoms. The lowest BCUT2D eigenvalue weighted by Gasteiger charge is -2.28. The zero-order valence-corrected chi connectivity index (χ0v) is 22.8. The number of rotatable bonds is 15. The number of esters is 1. The Balaban J connectivity index is 1.54. The molecule has 0 spiro atoms. The minimum absolute atomic E-state index is 0.0566. The summed E-state index contributed by atoms with van der Waals surface area (Å²) >= 11 is 6.79. The summed E-state index contributed by atoms with van der Waals surface area (Å²) in [6.07, 6.45) is 16.4. The van der Waals surface area contributed by atoms with E-state index in [1.165, 1.54) is 63.2 Å². The first-order chi connectivity index (χ1) is 17.1. The van der Waals surface area contributed by atoms with Gasteiger partial charge in [-0.05, 0) is 74.3 Å². The normalized spacial score (nSPS) is 25.5. The summed E-state index contributed by atoms with van der Waals surface area (Å²) in [5, 5.41) is 0.267. The third-order valence-corrected chi connectivity index (χ3v) is 8.43. The number of hydrogen-bond donors (Lipinski definition) is 0. The van der Waals surface area contributed by atoms with Crippen LogP contribution in [0.1, 0.15) is 126 Å². The number of carbonyl (C=O) groups excluding carboxylic acids is 1. The predicted octanol–water partition coefficient (Wildman–Crippen LogP) is 8.47. The average molecular weight is 507 g/mol. The molecule has 1 aromatic carbocycles. The highest BCUT2D eigenvalue weighted by atomic mass is 35.5. The van der Waals surface area contributed by atoms with Gasteiger partial charge in [0.1, 0.15) is 0 Å². The van der Waals surface area contributed by atoms with Crippen LogP contribution in [0.5, 0.6) is 0 Å². The maximum absolute atomic E-state index is 11.3. The Hall–Kier alpha value is -1.10. The second kappa shape index (κ2) is 15.9. The largest absolute Gasteiger partial charge is 0.469 e. The fourth-order valence-electron chi connectivity index (χ4n) is 5.77. The molecule has 4 nitrogen and oxygen atoms in total. The standard InChI is InChI=1S/C30H47ClO4/c1-3-4-7-13-28(35-30-15-10-11-22-34-30)24-18-16-23(17-19-24)25-20-21-27(31)26(25)12-8-5-6-9-14-29(32)33-2/h16-19,25-28,30H,3-15,20-22H2,1-2H3/t25?,26-,27-,28?,30?/m1/s1. The fourth-order valence-corrected chi connectivity index (χ4v) is 6.20. The van der Waals surface area contributed by atoms with E-state index in [4.69, 9.17) is 25.8 Å². The van der Waals surface area contributed by atoms with Gasteiger partial charge in [-0.25, -0.2) is 0 Å². The van der Waals surface area contributed by atoms with Crippen molar-refractivity contribution in [1.29, 1.82) is 0 Å². The monoisotopic (exact) mass is 506 g/mol. The Labute approximate surface area is 218 Å². The van der Waals surface area contributed by atoms with Gasteiger partial charge in [0.2, 0.25) is 0 Å². The number of methoxy groups -OCH3 is 1. The zero-order valence-electron chi connectivity index (χ0n) is 22.0. The van der Waals surface area contributed by atoms with Gasteiger partial charge in [-0.3, -0.25) is 4.79 Å². The van der Waals surface area contributed by atoms with Crippen molar-refractivity contribution >= 4 is 17.6 Å². The topological polar surface area (TPSA) is 44.8 Å². The van der Waals surface area contributed by atoms with Gasteiger partial charge >= 0.3 is 5.97 Å². The molecule has 0 radical (unpaired) electrons. The van der Waals surface area contributed by atoms with Gasteiger partial charge in [-0.15, -0.1) is 11.6 Å². The van der Waals surface area contributed by atoms with Gasteiger partial charge in [0.15, 0.2) is 6.29 Å². The van der Waals surface area contributed by atoms with Crippen LogP contribution in [0.15, 0.2) is 24.3 Å². The van der Waals surface area contributed by atoms with Crippen LogP contribution >= 0.6 is 11.6 Å². The molecule has 1 aliphatic carbocycles. The summed E-state index contributed by atoms with van der Waals surface area (Å²) in [6.45, 7) is 3.07. The number of ether oxygens (including phenoxy) is 3. The number of halogens is 1. The van der Waals surface area contributed by atoms with Crippen LogP contribution in [0, 0.1) is 5.92 Å². The van der Waals surface area contributed by atoms with Crippen LogP contribution in [0.4, 0.5) is 0 Å². The smallest absolute Gasteiger partial charge is 0.305 e.